The second-order valence-electron chi connectivity index (χ2n) is 4.65. The number of rotatable bonds is 4. The minimum atomic E-state index is -0.706. The lowest BCUT2D eigenvalue weighted by Crippen LogP contribution is -2.20. The smallest absolute Gasteiger partial charge is 0.308 e. The van der Waals surface area contributed by atoms with Crippen LogP contribution in [0.5, 0.6) is 5.75 Å². The molecule has 0 aliphatic rings. The zero-order valence-corrected chi connectivity index (χ0v) is 15.0. The van der Waals surface area contributed by atoms with Gasteiger partial charge in [-0.3, -0.25) is 9.59 Å². The number of carbonyl (C=O) groups excluding carboxylic acids is 2. The Morgan fingerprint density at radius 1 is 1.20 bits per heavy atom. The second kappa shape index (κ2) is 8.15. The van der Waals surface area contributed by atoms with Crippen LogP contribution in [0.3, 0.4) is 0 Å². The Morgan fingerprint density at radius 3 is 2.44 bits per heavy atom. The normalized spacial score (nSPS) is 10.7. The van der Waals surface area contributed by atoms with Crippen LogP contribution in [0.2, 0.25) is 15.2 Å². The number of nitrogens with one attached hydrogen (secondary N) is 1. The largest absolute Gasteiger partial charge is 0.427 e. The summed E-state index contributed by atoms with van der Waals surface area (Å²) in [5.74, 6) is -0.724. The number of amides is 1. The molecule has 10 heteroatoms. The molecular formula is C15H11Cl3N4O3. The van der Waals surface area contributed by atoms with Gasteiger partial charge in [-0.25, -0.2) is 10.4 Å². The number of hydrogen-bond donors (Lipinski definition) is 2. The summed E-state index contributed by atoms with van der Waals surface area (Å²) < 4.78 is 4.90. The molecule has 25 heavy (non-hydrogen) atoms. The van der Waals surface area contributed by atoms with E-state index < -0.39 is 11.9 Å². The molecule has 0 aliphatic heterocycles. The number of hydrogen-bond acceptors (Lipinski definition) is 6. The summed E-state index contributed by atoms with van der Waals surface area (Å²) in [5.41, 5.74) is 8.31. The number of aromatic nitrogens is 1. The Morgan fingerprint density at radius 2 is 1.84 bits per heavy atom. The molecule has 0 spiro atoms. The van der Waals surface area contributed by atoms with Crippen molar-refractivity contribution in [1.29, 1.82) is 0 Å². The van der Waals surface area contributed by atoms with Crippen LogP contribution >= 0.6 is 34.8 Å². The fraction of sp³-hybridized carbons (Fsp3) is 0.0667. The first-order valence-electron chi connectivity index (χ1n) is 6.71. The highest BCUT2D eigenvalue weighted by atomic mass is 35.5. The van der Waals surface area contributed by atoms with Gasteiger partial charge >= 0.3 is 5.97 Å². The summed E-state index contributed by atoms with van der Waals surface area (Å²) in [4.78, 5) is 26.7. The standard InChI is InChI=1S/C15H11Cl3N4O3/c1-7(23)25-9-4-2-8(3-5-9)6-20-22-15(24)13-10(16)12(19)11(17)14(18)21-13/h2-6H,1H3,(H2,19,21)(H,22,24)/b20-6+. The Bertz CT molecular complexity index is 854. The van der Waals surface area contributed by atoms with E-state index in [1.165, 1.54) is 13.1 Å². The SMILES string of the molecule is CC(=O)Oc1ccc(/C=N/NC(=O)c2nc(Cl)c(Cl)c(N)c2Cl)cc1. The molecular weight excluding hydrogens is 391 g/mol. The molecule has 2 rings (SSSR count). The lowest BCUT2D eigenvalue weighted by molar-refractivity contribution is -0.131. The highest BCUT2D eigenvalue weighted by Crippen LogP contribution is 2.34. The van der Waals surface area contributed by atoms with E-state index in [0.29, 0.717) is 11.3 Å². The summed E-state index contributed by atoms with van der Waals surface area (Å²) >= 11 is 17.5. The quantitative estimate of drug-likeness (QED) is 0.269. The van der Waals surface area contributed by atoms with Crippen molar-refractivity contribution in [2.45, 2.75) is 6.92 Å². The van der Waals surface area contributed by atoms with Gasteiger partial charge in [-0.2, -0.15) is 5.10 Å². The Labute approximate surface area is 157 Å². The third-order valence-electron chi connectivity index (χ3n) is 2.81. The number of nitrogens with zero attached hydrogens (tertiary/aromatic N) is 2. The number of hydrazone groups is 1. The lowest BCUT2D eigenvalue weighted by atomic mass is 10.2. The third kappa shape index (κ3) is 4.82. The number of esters is 1. The molecule has 0 aliphatic carbocycles. The summed E-state index contributed by atoms with van der Waals surface area (Å²) in [6.07, 6.45) is 1.38. The number of nitrogens with two attached hydrogens (primary N) is 1. The number of benzene rings is 1. The number of pyridine rings is 1. The van der Waals surface area contributed by atoms with Crippen LogP contribution < -0.4 is 15.9 Å². The number of anilines is 1. The van der Waals surface area contributed by atoms with Gasteiger partial charge in [-0.05, 0) is 29.8 Å². The maximum absolute atomic E-state index is 12.1. The van der Waals surface area contributed by atoms with E-state index in [1.54, 1.807) is 24.3 Å². The van der Waals surface area contributed by atoms with Gasteiger partial charge in [0.2, 0.25) is 0 Å². The highest BCUT2D eigenvalue weighted by molar-refractivity contribution is 6.46. The third-order valence-corrected chi connectivity index (χ3v) is 3.94. The molecule has 0 saturated heterocycles. The summed E-state index contributed by atoms with van der Waals surface area (Å²) in [5, 5.41) is 3.50. The van der Waals surface area contributed by atoms with Crippen molar-refractivity contribution < 1.29 is 14.3 Å². The number of nitrogen functional groups attached to an aromatic ring is 1. The van der Waals surface area contributed by atoms with Gasteiger partial charge in [0.1, 0.15) is 10.8 Å². The van der Waals surface area contributed by atoms with E-state index in [-0.39, 0.29) is 26.6 Å². The Kier molecular flexibility index (Phi) is 6.19. The predicted octanol–water partition coefficient (Wildman–Crippen LogP) is 3.31. The molecule has 0 saturated carbocycles. The number of ether oxygens (including phenoxy) is 1. The van der Waals surface area contributed by atoms with E-state index >= 15 is 0 Å². The van der Waals surface area contributed by atoms with Crippen LogP contribution in [0.25, 0.3) is 0 Å². The summed E-state index contributed by atoms with van der Waals surface area (Å²) in [6.45, 7) is 1.31. The van der Waals surface area contributed by atoms with Crippen LogP contribution in [-0.4, -0.2) is 23.1 Å². The van der Waals surface area contributed by atoms with Crippen LogP contribution in [0.15, 0.2) is 29.4 Å². The van der Waals surface area contributed by atoms with Crippen LogP contribution in [0.1, 0.15) is 23.0 Å². The van der Waals surface area contributed by atoms with Crippen molar-refractivity contribution in [3.8, 4) is 5.75 Å². The molecule has 2 aromatic rings. The number of halogens is 3. The van der Waals surface area contributed by atoms with Crippen molar-refractivity contribution >= 4 is 58.6 Å². The molecule has 3 N–H and O–H groups in total. The monoisotopic (exact) mass is 400 g/mol. The molecule has 1 amide bonds. The first kappa shape index (κ1) is 19.0. The zero-order chi connectivity index (χ0) is 18.6. The van der Waals surface area contributed by atoms with Gasteiger partial charge in [-0.15, -0.1) is 0 Å². The Balaban J connectivity index is 2.07. The molecule has 1 heterocycles. The molecule has 130 valence electrons. The van der Waals surface area contributed by atoms with Crippen molar-refractivity contribution in [3.63, 3.8) is 0 Å². The molecule has 7 nitrogen and oxygen atoms in total. The van der Waals surface area contributed by atoms with E-state index in [0.717, 1.165) is 0 Å². The minimum Gasteiger partial charge on any atom is -0.427 e. The summed E-state index contributed by atoms with van der Waals surface area (Å²) in [6, 6.07) is 6.47. The van der Waals surface area contributed by atoms with E-state index in [9.17, 15) is 9.59 Å². The summed E-state index contributed by atoms with van der Waals surface area (Å²) in [7, 11) is 0. The van der Waals surface area contributed by atoms with Crippen LogP contribution in [0, 0.1) is 0 Å². The van der Waals surface area contributed by atoms with Crippen LogP contribution in [0.4, 0.5) is 5.69 Å². The molecule has 0 atom stereocenters. The maximum atomic E-state index is 12.1. The first-order valence-corrected chi connectivity index (χ1v) is 7.85. The first-order chi connectivity index (χ1) is 11.8. The zero-order valence-electron chi connectivity index (χ0n) is 12.7. The van der Waals surface area contributed by atoms with Gasteiger partial charge in [-0.1, -0.05) is 34.8 Å². The molecule has 1 aromatic heterocycles. The maximum Gasteiger partial charge on any atom is 0.308 e. The van der Waals surface area contributed by atoms with Gasteiger partial charge in [0.25, 0.3) is 5.91 Å². The fourth-order valence-corrected chi connectivity index (χ4v) is 2.28. The second-order valence-corrected chi connectivity index (χ2v) is 5.77. The van der Waals surface area contributed by atoms with Crippen molar-refractivity contribution in [2.24, 2.45) is 5.10 Å². The van der Waals surface area contributed by atoms with E-state index in [2.05, 4.69) is 15.5 Å². The van der Waals surface area contributed by atoms with E-state index in [1.807, 2.05) is 0 Å². The topological polar surface area (TPSA) is 107 Å². The van der Waals surface area contributed by atoms with Crippen molar-refractivity contribution in [2.75, 3.05) is 5.73 Å². The molecule has 1 aromatic carbocycles. The minimum absolute atomic E-state index is 0.0282. The average molecular weight is 402 g/mol. The number of carbonyl (C=O) groups is 2. The molecule has 0 radical (unpaired) electrons. The van der Waals surface area contributed by atoms with Gasteiger partial charge in [0.15, 0.2) is 10.8 Å². The lowest BCUT2D eigenvalue weighted by Gasteiger charge is -2.07. The van der Waals surface area contributed by atoms with Crippen molar-refractivity contribution in [1.82, 2.24) is 10.4 Å². The Hall–Kier alpha value is -2.35. The van der Waals surface area contributed by atoms with Gasteiger partial charge < -0.3 is 10.5 Å². The van der Waals surface area contributed by atoms with Gasteiger partial charge in [0.05, 0.1) is 16.9 Å². The van der Waals surface area contributed by atoms with Crippen LogP contribution in [-0.2, 0) is 4.79 Å². The average Bonchev–Trinajstić information content (AvgIpc) is 2.57. The van der Waals surface area contributed by atoms with Gasteiger partial charge in [0, 0.05) is 6.92 Å². The molecule has 0 fully saturated rings. The molecule has 0 bridgehead atoms. The van der Waals surface area contributed by atoms with Crippen molar-refractivity contribution in [3.05, 3.63) is 50.7 Å². The highest BCUT2D eigenvalue weighted by Gasteiger charge is 2.19. The predicted molar refractivity (Wildman–Crippen MR) is 96.5 cm³/mol. The fourth-order valence-electron chi connectivity index (χ4n) is 1.69. The molecule has 0 unspecified atom stereocenters. The van der Waals surface area contributed by atoms with E-state index in [4.69, 9.17) is 45.3 Å².